The molecule has 0 atom stereocenters. The van der Waals surface area contributed by atoms with Gasteiger partial charge in [0.05, 0.1) is 13.0 Å². The standard InChI is InChI=1S/C14H19NO4/c1-10-4-3-5-11(2)12(10)8-13(16)15-6-7-19-9-14(17)18/h3-5H,6-9H2,1-2H3,(H,15,16)(H,17,18). The molecule has 5 nitrogen and oxygen atoms in total. The van der Waals surface area contributed by atoms with Crippen molar-refractivity contribution in [2.24, 2.45) is 0 Å². The van der Waals surface area contributed by atoms with Crippen LogP contribution in [0, 0.1) is 13.8 Å². The van der Waals surface area contributed by atoms with E-state index in [0.29, 0.717) is 13.0 Å². The molecule has 0 bridgehead atoms. The molecule has 0 heterocycles. The van der Waals surface area contributed by atoms with Gasteiger partial charge in [0.2, 0.25) is 5.91 Å². The number of amides is 1. The first-order valence-electron chi connectivity index (χ1n) is 6.12. The Morgan fingerprint density at radius 2 is 1.89 bits per heavy atom. The molecule has 1 aromatic rings. The summed E-state index contributed by atoms with van der Waals surface area (Å²) in [5.74, 6) is -1.10. The van der Waals surface area contributed by atoms with Crippen molar-refractivity contribution in [3.8, 4) is 0 Å². The highest BCUT2D eigenvalue weighted by atomic mass is 16.5. The molecule has 1 amide bonds. The fourth-order valence-corrected chi connectivity index (χ4v) is 1.77. The van der Waals surface area contributed by atoms with E-state index >= 15 is 0 Å². The number of aryl methyl sites for hydroxylation is 2. The van der Waals surface area contributed by atoms with Gasteiger partial charge in [-0.05, 0) is 30.5 Å². The van der Waals surface area contributed by atoms with E-state index in [0.717, 1.165) is 16.7 Å². The van der Waals surface area contributed by atoms with Crippen LogP contribution in [0.3, 0.4) is 0 Å². The largest absolute Gasteiger partial charge is 0.480 e. The van der Waals surface area contributed by atoms with Crippen molar-refractivity contribution < 1.29 is 19.4 Å². The second kappa shape index (κ2) is 7.53. The minimum Gasteiger partial charge on any atom is -0.480 e. The molecule has 0 aliphatic carbocycles. The molecule has 0 aliphatic heterocycles. The number of carboxylic acids is 1. The number of hydrogen-bond acceptors (Lipinski definition) is 3. The Labute approximate surface area is 112 Å². The van der Waals surface area contributed by atoms with Crippen molar-refractivity contribution in [1.82, 2.24) is 5.32 Å². The lowest BCUT2D eigenvalue weighted by atomic mass is 10.00. The number of ether oxygens (including phenoxy) is 1. The van der Waals surface area contributed by atoms with Gasteiger partial charge < -0.3 is 15.2 Å². The van der Waals surface area contributed by atoms with Gasteiger partial charge in [-0.1, -0.05) is 18.2 Å². The van der Waals surface area contributed by atoms with Gasteiger partial charge in [0.1, 0.15) is 6.61 Å². The van der Waals surface area contributed by atoms with Crippen molar-refractivity contribution in [3.05, 3.63) is 34.9 Å². The number of rotatable bonds is 7. The Morgan fingerprint density at radius 3 is 2.47 bits per heavy atom. The molecule has 0 aromatic heterocycles. The summed E-state index contributed by atoms with van der Waals surface area (Å²) >= 11 is 0. The zero-order chi connectivity index (χ0) is 14.3. The number of nitrogens with one attached hydrogen (secondary N) is 1. The van der Waals surface area contributed by atoms with E-state index < -0.39 is 5.97 Å². The number of aliphatic carboxylic acids is 1. The van der Waals surface area contributed by atoms with Crippen molar-refractivity contribution in [3.63, 3.8) is 0 Å². The highest BCUT2D eigenvalue weighted by Gasteiger charge is 2.07. The van der Waals surface area contributed by atoms with E-state index in [4.69, 9.17) is 9.84 Å². The third kappa shape index (κ3) is 5.52. The first-order valence-corrected chi connectivity index (χ1v) is 6.12. The molecular weight excluding hydrogens is 246 g/mol. The lowest BCUT2D eigenvalue weighted by Gasteiger charge is -2.10. The third-order valence-corrected chi connectivity index (χ3v) is 2.78. The molecule has 1 aromatic carbocycles. The zero-order valence-electron chi connectivity index (χ0n) is 11.2. The molecule has 0 unspecified atom stereocenters. The molecule has 19 heavy (non-hydrogen) atoms. The van der Waals surface area contributed by atoms with Crippen LogP contribution in [0.4, 0.5) is 0 Å². The predicted molar refractivity (Wildman–Crippen MR) is 71.1 cm³/mol. The van der Waals surface area contributed by atoms with Gasteiger partial charge in [-0.2, -0.15) is 0 Å². The molecule has 0 fully saturated rings. The topological polar surface area (TPSA) is 75.6 Å². The van der Waals surface area contributed by atoms with Crippen LogP contribution in [0.25, 0.3) is 0 Å². The van der Waals surface area contributed by atoms with Crippen LogP contribution >= 0.6 is 0 Å². The fourth-order valence-electron chi connectivity index (χ4n) is 1.77. The lowest BCUT2D eigenvalue weighted by molar-refractivity contribution is -0.142. The number of carbonyl (C=O) groups is 2. The molecule has 104 valence electrons. The molecule has 2 N–H and O–H groups in total. The summed E-state index contributed by atoms with van der Waals surface area (Å²) in [6.07, 6.45) is 0.331. The maximum atomic E-state index is 11.7. The van der Waals surface area contributed by atoms with Gasteiger partial charge in [0, 0.05) is 6.54 Å². The Morgan fingerprint density at radius 1 is 1.26 bits per heavy atom. The minimum atomic E-state index is -1.01. The first-order chi connectivity index (χ1) is 9.00. The van der Waals surface area contributed by atoms with E-state index in [1.807, 2.05) is 32.0 Å². The number of carboxylic acid groups (broad SMARTS) is 1. The van der Waals surface area contributed by atoms with E-state index in [-0.39, 0.29) is 19.1 Å². The fraction of sp³-hybridized carbons (Fsp3) is 0.429. The third-order valence-electron chi connectivity index (χ3n) is 2.78. The normalized spacial score (nSPS) is 10.2. The maximum absolute atomic E-state index is 11.7. The highest BCUT2D eigenvalue weighted by Crippen LogP contribution is 2.13. The maximum Gasteiger partial charge on any atom is 0.329 e. The summed E-state index contributed by atoms with van der Waals surface area (Å²) in [7, 11) is 0. The molecule has 5 heteroatoms. The summed E-state index contributed by atoms with van der Waals surface area (Å²) < 4.78 is 4.83. The Balaban J connectivity index is 2.33. The van der Waals surface area contributed by atoms with Gasteiger partial charge >= 0.3 is 5.97 Å². The second-order valence-electron chi connectivity index (χ2n) is 4.34. The predicted octanol–water partition coefficient (Wildman–Crippen LogP) is 1.06. The van der Waals surface area contributed by atoms with Crippen LogP contribution in [0.2, 0.25) is 0 Å². The molecule has 0 saturated heterocycles. The second-order valence-corrected chi connectivity index (χ2v) is 4.34. The van der Waals surface area contributed by atoms with Gasteiger partial charge in [-0.15, -0.1) is 0 Å². The molecule has 0 saturated carbocycles. The molecule has 0 radical (unpaired) electrons. The number of benzene rings is 1. The van der Waals surface area contributed by atoms with Crippen LogP contribution in [0.15, 0.2) is 18.2 Å². The summed E-state index contributed by atoms with van der Waals surface area (Å²) in [5.41, 5.74) is 3.22. The van der Waals surface area contributed by atoms with Crippen molar-refractivity contribution in [2.45, 2.75) is 20.3 Å². The SMILES string of the molecule is Cc1cccc(C)c1CC(=O)NCCOCC(=O)O. The first kappa shape index (κ1) is 15.2. The van der Waals surface area contributed by atoms with Gasteiger partial charge in [0.15, 0.2) is 0 Å². The van der Waals surface area contributed by atoms with Crippen molar-refractivity contribution in [1.29, 1.82) is 0 Å². The van der Waals surface area contributed by atoms with Gasteiger partial charge in [0.25, 0.3) is 0 Å². The van der Waals surface area contributed by atoms with Crippen LogP contribution < -0.4 is 5.32 Å². The van der Waals surface area contributed by atoms with E-state index in [1.54, 1.807) is 0 Å². The van der Waals surface area contributed by atoms with E-state index in [1.165, 1.54) is 0 Å². The van der Waals surface area contributed by atoms with Crippen LogP contribution in [0.5, 0.6) is 0 Å². The summed E-state index contributed by atoms with van der Waals surface area (Å²) in [6, 6.07) is 5.92. The number of carbonyl (C=O) groups excluding carboxylic acids is 1. The van der Waals surface area contributed by atoms with E-state index in [2.05, 4.69) is 5.32 Å². The summed E-state index contributed by atoms with van der Waals surface area (Å²) in [5, 5.41) is 11.1. The average molecular weight is 265 g/mol. The highest BCUT2D eigenvalue weighted by molar-refractivity contribution is 5.79. The average Bonchev–Trinajstić information content (AvgIpc) is 2.33. The Hall–Kier alpha value is -1.88. The zero-order valence-corrected chi connectivity index (χ0v) is 11.2. The van der Waals surface area contributed by atoms with Gasteiger partial charge in [-0.3, -0.25) is 4.79 Å². The van der Waals surface area contributed by atoms with Crippen molar-refractivity contribution in [2.75, 3.05) is 19.8 Å². The smallest absolute Gasteiger partial charge is 0.329 e. The van der Waals surface area contributed by atoms with Crippen LogP contribution in [0.1, 0.15) is 16.7 Å². The molecule has 0 aliphatic rings. The van der Waals surface area contributed by atoms with Gasteiger partial charge in [-0.25, -0.2) is 4.79 Å². The summed E-state index contributed by atoms with van der Waals surface area (Å²) in [4.78, 5) is 21.9. The summed E-state index contributed by atoms with van der Waals surface area (Å²) in [6.45, 7) is 4.13. The lowest BCUT2D eigenvalue weighted by Crippen LogP contribution is -2.29. The molecule has 0 spiro atoms. The Bertz CT molecular complexity index is 437. The van der Waals surface area contributed by atoms with Crippen molar-refractivity contribution >= 4 is 11.9 Å². The quantitative estimate of drug-likeness (QED) is 0.723. The number of hydrogen-bond donors (Lipinski definition) is 2. The minimum absolute atomic E-state index is 0.0867. The molecule has 1 rings (SSSR count). The van der Waals surface area contributed by atoms with Crippen LogP contribution in [-0.4, -0.2) is 36.7 Å². The van der Waals surface area contributed by atoms with E-state index in [9.17, 15) is 9.59 Å². The Kier molecular flexibility index (Phi) is 6.02. The van der Waals surface area contributed by atoms with Crippen LogP contribution in [-0.2, 0) is 20.7 Å². The monoisotopic (exact) mass is 265 g/mol. The molecular formula is C14H19NO4.